The lowest BCUT2D eigenvalue weighted by Crippen LogP contribution is -1.97. The van der Waals surface area contributed by atoms with E-state index in [0.717, 1.165) is 0 Å². The minimum atomic E-state index is -2.55. The molecule has 1 nitrogen and oxygen atoms in total. The third-order valence-corrected chi connectivity index (χ3v) is 2.99. The van der Waals surface area contributed by atoms with Gasteiger partial charge in [-0.05, 0) is 15.9 Å². The van der Waals surface area contributed by atoms with Crippen LogP contribution in [0.5, 0.6) is 0 Å². The summed E-state index contributed by atoms with van der Waals surface area (Å²) >= 11 is 11.7. The van der Waals surface area contributed by atoms with E-state index in [1.165, 1.54) is 6.20 Å². The molecule has 0 N–H and O–H groups in total. The number of rotatable bonds is 2. The number of alkyl halides is 3. The second-order valence-electron chi connectivity index (χ2n) is 2.22. The van der Waals surface area contributed by atoms with Crippen LogP contribution in [0.3, 0.4) is 0 Å². The van der Waals surface area contributed by atoms with Crippen LogP contribution in [0, 0.1) is 0 Å². The standard InChI is InChI=1S/C7H4Br2ClF2N/c8-1-3-5(7(11)12)4(9)2-13-6(3)10/h2,7H,1H2. The average Bonchev–Trinajstić information content (AvgIpc) is 2.07. The molecule has 0 spiro atoms. The Morgan fingerprint density at radius 1 is 1.54 bits per heavy atom. The van der Waals surface area contributed by atoms with Crippen molar-refractivity contribution in [3.8, 4) is 0 Å². The van der Waals surface area contributed by atoms with Gasteiger partial charge < -0.3 is 0 Å². The molecule has 0 amide bonds. The van der Waals surface area contributed by atoms with Crippen molar-refractivity contribution in [2.45, 2.75) is 11.8 Å². The van der Waals surface area contributed by atoms with E-state index in [0.29, 0.717) is 5.56 Å². The summed E-state index contributed by atoms with van der Waals surface area (Å²) in [7, 11) is 0. The van der Waals surface area contributed by atoms with E-state index in [-0.39, 0.29) is 20.5 Å². The predicted octanol–water partition coefficient (Wildman–Crippen LogP) is 4.33. The Balaban J connectivity index is 3.35. The Kier molecular flexibility index (Phi) is 4.06. The molecule has 72 valence electrons. The minimum absolute atomic E-state index is 0.100. The van der Waals surface area contributed by atoms with Gasteiger partial charge in [0, 0.05) is 27.1 Å². The first kappa shape index (κ1) is 11.3. The monoisotopic (exact) mass is 333 g/mol. The van der Waals surface area contributed by atoms with Crippen LogP contribution in [0.1, 0.15) is 17.6 Å². The van der Waals surface area contributed by atoms with E-state index in [1.54, 1.807) is 0 Å². The Bertz CT molecular complexity index is 320. The van der Waals surface area contributed by atoms with E-state index >= 15 is 0 Å². The third-order valence-electron chi connectivity index (χ3n) is 1.47. The molecule has 0 saturated carbocycles. The van der Waals surface area contributed by atoms with Crippen LogP contribution in [0.2, 0.25) is 5.15 Å². The maximum atomic E-state index is 12.5. The molecule has 0 bridgehead atoms. The van der Waals surface area contributed by atoms with Crippen molar-refractivity contribution in [3.63, 3.8) is 0 Å². The maximum absolute atomic E-state index is 12.5. The average molecular weight is 335 g/mol. The zero-order valence-corrected chi connectivity index (χ0v) is 10.1. The van der Waals surface area contributed by atoms with Gasteiger partial charge in [0.15, 0.2) is 0 Å². The first-order valence-corrected chi connectivity index (χ1v) is 5.54. The molecular formula is C7H4Br2ClF2N. The Morgan fingerprint density at radius 3 is 2.54 bits per heavy atom. The van der Waals surface area contributed by atoms with Crippen molar-refractivity contribution in [1.29, 1.82) is 0 Å². The fraction of sp³-hybridized carbons (Fsp3) is 0.286. The summed E-state index contributed by atoms with van der Waals surface area (Å²) in [6.07, 6.45) is -1.28. The largest absolute Gasteiger partial charge is 0.265 e. The molecule has 0 aliphatic carbocycles. The van der Waals surface area contributed by atoms with Gasteiger partial charge >= 0.3 is 0 Å². The SMILES string of the molecule is FC(F)c1c(Br)cnc(Cl)c1CBr. The first-order valence-electron chi connectivity index (χ1n) is 3.24. The summed E-state index contributed by atoms with van der Waals surface area (Å²) in [5.41, 5.74) is 0.225. The normalized spacial score (nSPS) is 10.9. The molecule has 0 fully saturated rings. The Morgan fingerprint density at radius 2 is 2.15 bits per heavy atom. The van der Waals surface area contributed by atoms with Crippen LogP contribution in [0.25, 0.3) is 0 Å². The van der Waals surface area contributed by atoms with Gasteiger partial charge in [-0.1, -0.05) is 27.5 Å². The topological polar surface area (TPSA) is 12.9 Å². The summed E-state index contributed by atoms with van der Waals surface area (Å²) in [5, 5.41) is 0.369. The molecule has 1 heterocycles. The van der Waals surface area contributed by atoms with Gasteiger partial charge in [0.25, 0.3) is 6.43 Å². The van der Waals surface area contributed by atoms with E-state index in [4.69, 9.17) is 11.6 Å². The fourth-order valence-corrected chi connectivity index (χ4v) is 2.34. The van der Waals surface area contributed by atoms with Crippen LogP contribution in [0.4, 0.5) is 8.78 Å². The second-order valence-corrected chi connectivity index (χ2v) is 4.00. The summed E-state index contributed by atoms with van der Waals surface area (Å²) in [4.78, 5) is 3.75. The third kappa shape index (κ3) is 2.39. The van der Waals surface area contributed by atoms with Gasteiger partial charge in [-0.2, -0.15) is 0 Å². The molecule has 0 aliphatic rings. The summed E-state index contributed by atoms with van der Waals surface area (Å²) in [5.74, 6) is 0. The Labute approximate surface area is 95.8 Å². The minimum Gasteiger partial charge on any atom is -0.243 e. The molecule has 1 rings (SSSR count). The van der Waals surface area contributed by atoms with Crippen LogP contribution >= 0.6 is 43.5 Å². The van der Waals surface area contributed by atoms with Crippen LogP contribution in [0.15, 0.2) is 10.7 Å². The zero-order valence-electron chi connectivity index (χ0n) is 6.20. The molecule has 0 atom stereocenters. The van der Waals surface area contributed by atoms with E-state index in [1.807, 2.05) is 0 Å². The van der Waals surface area contributed by atoms with Crippen molar-refractivity contribution in [2.75, 3.05) is 0 Å². The quantitative estimate of drug-likeness (QED) is 0.579. The highest BCUT2D eigenvalue weighted by Gasteiger charge is 2.19. The van der Waals surface area contributed by atoms with Gasteiger partial charge in [-0.25, -0.2) is 13.8 Å². The number of aromatic nitrogens is 1. The number of halogens is 5. The van der Waals surface area contributed by atoms with Crippen molar-refractivity contribution in [1.82, 2.24) is 4.98 Å². The molecule has 13 heavy (non-hydrogen) atoms. The van der Waals surface area contributed by atoms with Crippen molar-refractivity contribution in [3.05, 3.63) is 26.9 Å². The lowest BCUT2D eigenvalue weighted by Gasteiger charge is -2.09. The van der Waals surface area contributed by atoms with E-state index in [2.05, 4.69) is 36.8 Å². The lowest BCUT2D eigenvalue weighted by atomic mass is 10.2. The van der Waals surface area contributed by atoms with Gasteiger partial charge in [-0.3, -0.25) is 0 Å². The molecule has 0 aliphatic heterocycles. The molecule has 0 aromatic carbocycles. The smallest absolute Gasteiger partial charge is 0.243 e. The van der Waals surface area contributed by atoms with Crippen LogP contribution in [-0.4, -0.2) is 4.98 Å². The highest BCUT2D eigenvalue weighted by molar-refractivity contribution is 9.10. The van der Waals surface area contributed by atoms with Gasteiger partial charge in [0.1, 0.15) is 5.15 Å². The zero-order chi connectivity index (χ0) is 10.0. The summed E-state index contributed by atoms with van der Waals surface area (Å²) in [6.45, 7) is 0. The highest BCUT2D eigenvalue weighted by Crippen LogP contribution is 2.34. The Hall–Kier alpha value is 0.260. The maximum Gasteiger partial charge on any atom is 0.265 e. The van der Waals surface area contributed by atoms with Gasteiger partial charge in [0.05, 0.1) is 0 Å². The van der Waals surface area contributed by atoms with Gasteiger partial charge in [0.2, 0.25) is 0 Å². The summed E-state index contributed by atoms with van der Waals surface area (Å²) < 4.78 is 25.3. The van der Waals surface area contributed by atoms with E-state index < -0.39 is 6.43 Å². The number of hydrogen-bond donors (Lipinski definition) is 0. The molecule has 0 saturated heterocycles. The molecule has 0 radical (unpaired) electrons. The number of nitrogens with zero attached hydrogens (tertiary/aromatic N) is 1. The van der Waals surface area contributed by atoms with Gasteiger partial charge in [-0.15, -0.1) is 0 Å². The molecule has 1 aromatic rings. The van der Waals surface area contributed by atoms with E-state index in [9.17, 15) is 8.78 Å². The predicted molar refractivity (Wildman–Crippen MR) is 54.5 cm³/mol. The van der Waals surface area contributed by atoms with Crippen molar-refractivity contribution >= 4 is 43.5 Å². The molecule has 1 aromatic heterocycles. The molecular weight excluding hydrogens is 331 g/mol. The van der Waals surface area contributed by atoms with Crippen LogP contribution in [-0.2, 0) is 5.33 Å². The molecule has 6 heteroatoms. The first-order chi connectivity index (χ1) is 6.07. The molecule has 0 unspecified atom stereocenters. The fourth-order valence-electron chi connectivity index (χ4n) is 0.879. The lowest BCUT2D eigenvalue weighted by molar-refractivity contribution is 0.149. The summed E-state index contributed by atoms with van der Waals surface area (Å²) in [6, 6.07) is 0. The van der Waals surface area contributed by atoms with Crippen LogP contribution < -0.4 is 0 Å². The second kappa shape index (κ2) is 4.66. The number of hydrogen-bond acceptors (Lipinski definition) is 1. The highest BCUT2D eigenvalue weighted by atomic mass is 79.9. The number of pyridine rings is 1. The van der Waals surface area contributed by atoms with Crippen molar-refractivity contribution < 1.29 is 8.78 Å². The van der Waals surface area contributed by atoms with Crippen molar-refractivity contribution in [2.24, 2.45) is 0 Å².